The van der Waals surface area contributed by atoms with Crippen molar-refractivity contribution in [3.05, 3.63) is 33.6 Å². The topological polar surface area (TPSA) is 12.0 Å². The molecule has 0 aromatic heterocycles. The van der Waals surface area contributed by atoms with E-state index >= 15 is 0 Å². The van der Waals surface area contributed by atoms with E-state index in [1.807, 2.05) is 14.0 Å². The van der Waals surface area contributed by atoms with Crippen molar-refractivity contribution in [2.24, 2.45) is 0 Å². The van der Waals surface area contributed by atoms with E-state index in [-0.39, 0.29) is 11.9 Å². The lowest BCUT2D eigenvalue weighted by molar-refractivity contribution is 0.453. The number of rotatable bonds is 1. The second-order valence-corrected chi connectivity index (χ2v) is 5.02. The van der Waals surface area contributed by atoms with Crippen molar-refractivity contribution in [2.75, 3.05) is 7.05 Å². The average Bonchev–Trinajstić information content (AvgIpc) is 2.25. The highest BCUT2D eigenvalue weighted by molar-refractivity contribution is 6.31. The predicted molar refractivity (Wildman–Crippen MR) is 65.6 cm³/mol. The Balaban J connectivity index is 2.67. The van der Waals surface area contributed by atoms with Gasteiger partial charge in [-0.05, 0) is 55.5 Å². The standard InChI is InChI=1S/C13H17ClFN/c1-7-4-5-11(16-3)13-8(2)10(15)6-9(14)12(7)13/h6-7,11,16H,4-5H2,1-3H3. The van der Waals surface area contributed by atoms with Gasteiger partial charge in [0.15, 0.2) is 0 Å². The van der Waals surface area contributed by atoms with Crippen molar-refractivity contribution in [3.63, 3.8) is 0 Å². The highest BCUT2D eigenvalue weighted by Crippen LogP contribution is 2.43. The first-order valence-electron chi connectivity index (χ1n) is 5.72. The molecule has 3 heteroatoms. The van der Waals surface area contributed by atoms with Gasteiger partial charge >= 0.3 is 0 Å². The first-order chi connectivity index (χ1) is 7.56. The van der Waals surface area contributed by atoms with E-state index < -0.39 is 0 Å². The van der Waals surface area contributed by atoms with Crippen molar-refractivity contribution in [2.45, 2.75) is 38.6 Å². The van der Waals surface area contributed by atoms with E-state index in [2.05, 4.69) is 12.2 Å². The molecular weight excluding hydrogens is 225 g/mol. The molecule has 0 radical (unpaired) electrons. The van der Waals surface area contributed by atoms with E-state index in [0.717, 1.165) is 29.5 Å². The van der Waals surface area contributed by atoms with E-state index in [9.17, 15) is 4.39 Å². The predicted octanol–water partition coefficient (Wildman–Crippen LogP) is 3.95. The van der Waals surface area contributed by atoms with Crippen LogP contribution in [0.5, 0.6) is 0 Å². The van der Waals surface area contributed by atoms with Gasteiger partial charge in [-0.1, -0.05) is 18.5 Å². The molecule has 0 saturated heterocycles. The van der Waals surface area contributed by atoms with Gasteiger partial charge in [0.1, 0.15) is 5.82 Å². The third-order valence-corrected chi connectivity index (χ3v) is 3.95. The van der Waals surface area contributed by atoms with Gasteiger partial charge in [-0.2, -0.15) is 0 Å². The molecule has 16 heavy (non-hydrogen) atoms. The summed E-state index contributed by atoms with van der Waals surface area (Å²) in [6.45, 7) is 4.00. The molecule has 2 unspecified atom stereocenters. The van der Waals surface area contributed by atoms with Gasteiger partial charge in [0.2, 0.25) is 0 Å². The zero-order valence-electron chi connectivity index (χ0n) is 9.90. The normalized spacial score (nSPS) is 24.3. The molecule has 0 saturated carbocycles. The van der Waals surface area contributed by atoms with Crippen molar-refractivity contribution in [3.8, 4) is 0 Å². The lowest BCUT2D eigenvalue weighted by Crippen LogP contribution is -2.25. The molecule has 0 amide bonds. The molecular formula is C13H17ClFN. The van der Waals surface area contributed by atoms with Crippen LogP contribution in [0.25, 0.3) is 0 Å². The molecule has 0 aliphatic heterocycles. The Morgan fingerprint density at radius 1 is 1.38 bits per heavy atom. The Kier molecular flexibility index (Phi) is 3.22. The summed E-state index contributed by atoms with van der Waals surface area (Å²) in [5.74, 6) is 0.226. The fourth-order valence-electron chi connectivity index (χ4n) is 2.70. The molecule has 0 spiro atoms. The smallest absolute Gasteiger partial charge is 0.127 e. The number of benzene rings is 1. The highest BCUT2D eigenvalue weighted by atomic mass is 35.5. The molecule has 1 aliphatic carbocycles. The maximum Gasteiger partial charge on any atom is 0.127 e. The number of nitrogens with one attached hydrogen (secondary N) is 1. The number of halogens is 2. The SMILES string of the molecule is CNC1CCC(C)c2c(Cl)cc(F)c(C)c21. The zero-order valence-corrected chi connectivity index (χ0v) is 10.7. The molecule has 88 valence electrons. The summed E-state index contributed by atoms with van der Waals surface area (Å²) in [5.41, 5.74) is 2.95. The minimum absolute atomic E-state index is 0.196. The van der Waals surface area contributed by atoms with Crippen LogP contribution in [0, 0.1) is 12.7 Å². The van der Waals surface area contributed by atoms with Crippen LogP contribution in [0.3, 0.4) is 0 Å². The largest absolute Gasteiger partial charge is 0.313 e. The van der Waals surface area contributed by atoms with Crippen LogP contribution in [0.15, 0.2) is 6.07 Å². The zero-order chi connectivity index (χ0) is 11.9. The van der Waals surface area contributed by atoms with Gasteiger partial charge in [-0.15, -0.1) is 0 Å². The summed E-state index contributed by atoms with van der Waals surface area (Å²) in [6, 6.07) is 1.68. The summed E-state index contributed by atoms with van der Waals surface area (Å²) in [5, 5.41) is 3.83. The van der Waals surface area contributed by atoms with Crippen LogP contribution >= 0.6 is 11.6 Å². The summed E-state index contributed by atoms with van der Waals surface area (Å²) < 4.78 is 13.7. The van der Waals surface area contributed by atoms with Crippen LogP contribution in [-0.4, -0.2) is 7.05 Å². The number of hydrogen-bond acceptors (Lipinski definition) is 1. The Morgan fingerprint density at radius 3 is 2.69 bits per heavy atom. The van der Waals surface area contributed by atoms with Gasteiger partial charge in [-0.25, -0.2) is 4.39 Å². The quantitative estimate of drug-likeness (QED) is 0.785. The first-order valence-corrected chi connectivity index (χ1v) is 6.09. The van der Waals surface area contributed by atoms with Crippen LogP contribution in [-0.2, 0) is 0 Å². The Hall–Kier alpha value is -0.600. The average molecular weight is 242 g/mol. The highest BCUT2D eigenvalue weighted by Gasteiger charge is 2.28. The first kappa shape index (κ1) is 11.9. The minimum atomic E-state index is -0.196. The molecule has 0 fully saturated rings. The van der Waals surface area contributed by atoms with Crippen LogP contribution in [0.2, 0.25) is 5.02 Å². The molecule has 1 aliphatic rings. The van der Waals surface area contributed by atoms with Gasteiger partial charge in [0.25, 0.3) is 0 Å². The van der Waals surface area contributed by atoms with E-state index in [1.165, 1.54) is 6.07 Å². The second kappa shape index (κ2) is 4.34. The Bertz CT molecular complexity index is 417. The number of fused-ring (bicyclic) bond motifs is 1. The Morgan fingerprint density at radius 2 is 2.06 bits per heavy atom. The number of hydrogen-bond donors (Lipinski definition) is 1. The van der Waals surface area contributed by atoms with E-state index in [4.69, 9.17) is 11.6 Å². The fraction of sp³-hybridized carbons (Fsp3) is 0.538. The monoisotopic (exact) mass is 241 g/mol. The van der Waals surface area contributed by atoms with Crippen LogP contribution in [0.1, 0.15) is 48.4 Å². The van der Waals surface area contributed by atoms with E-state index in [1.54, 1.807) is 0 Å². The molecule has 1 aromatic rings. The van der Waals surface area contributed by atoms with Gasteiger partial charge < -0.3 is 5.32 Å². The van der Waals surface area contributed by atoms with E-state index in [0.29, 0.717) is 10.9 Å². The summed E-state index contributed by atoms with van der Waals surface area (Å²) >= 11 is 6.17. The Labute approximate surface area is 101 Å². The molecule has 1 N–H and O–H groups in total. The molecule has 1 aromatic carbocycles. The fourth-order valence-corrected chi connectivity index (χ4v) is 3.08. The summed E-state index contributed by atoms with van der Waals surface area (Å²) in [4.78, 5) is 0. The molecule has 2 atom stereocenters. The lowest BCUT2D eigenvalue weighted by atomic mass is 9.79. The maximum atomic E-state index is 13.7. The lowest BCUT2D eigenvalue weighted by Gasteiger charge is -2.32. The maximum absolute atomic E-state index is 13.7. The van der Waals surface area contributed by atoms with Gasteiger partial charge in [-0.3, -0.25) is 0 Å². The molecule has 1 nitrogen and oxygen atoms in total. The summed E-state index contributed by atoms with van der Waals surface area (Å²) in [7, 11) is 1.92. The van der Waals surface area contributed by atoms with Crippen LogP contribution < -0.4 is 5.32 Å². The minimum Gasteiger partial charge on any atom is -0.313 e. The van der Waals surface area contributed by atoms with Crippen molar-refractivity contribution < 1.29 is 4.39 Å². The molecule has 0 bridgehead atoms. The van der Waals surface area contributed by atoms with Gasteiger partial charge in [0.05, 0.1) is 0 Å². The van der Waals surface area contributed by atoms with Gasteiger partial charge in [0, 0.05) is 11.1 Å². The molecule has 0 heterocycles. The third kappa shape index (κ3) is 1.74. The third-order valence-electron chi connectivity index (χ3n) is 3.64. The van der Waals surface area contributed by atoms with Crippen molar-refractivity contribution in [1.29, 1.82) is 0 Å². The van der Waals surface area contributed by atoms with Crippen molar-refractivity contribution in [1.82, 2.24) is 5.32 Å². The van der Waals surface area contributed by atoms with Crippen LogP contribution in [0.4, 0.5) is 4.39 Å². The van der Waals surface area contributed by atoms with Crippen molar-refractivity contribution >= 4 is 11.6 Å². The molecule has 2 rings (SSSR count). The summed E-state index contributed by atoms with van der Waals surface area (Å²) in [6.07, 6.45) is 2.15. The second-order valence-electron chi connectivity index (χ2n) is 4.61.